The number of benzene rings is 1. The molecule has 19 heavy (non-hydrogen) atoms. The Morgan fingerprint density at radius 2 is 1.89 bits per heavy atom. The van der Waals surface area contributed by atoms with Crippen LogP contribution < -0.4 is 5.73 Å². The summed E-state index contributed by atoms with van der Waals surface area (Å²) in [5.41, 5.74) is 8.26. The summed E-state index contributed by atoms with van der Waals surface area (Å²) in [7, 11) is 0. The summed E-state index contributed by atoms with van der Waals surface area (Å²) in [6.07, 6.45) is 6.20. The fraction of sp³-hybridized carbons (Fsp3) is 0.500. The molecule has 1 aliphatic heterocycles. The van der Waals surface area contributed by atoms with E-state index in [4.69, 9.17) is 5.73 Å². The SMILES string of the molecule is NCc1ccc2ccn(CCCN3CCCC3)c2c1. The van der Waals surface area contributed by atoms with Crippen molar-refractivity contribution < 1.29 is 0 Å². The van der Waals surface area contributed by atoms with Gasteiger partial charge in [0.05, 0.1) is 0 Å². The van der Waals surface area contributed by atoms with E-state index in [-0.39, 0.29) is 0 Å². The fourth-order valence-electron chi connectivity index (χ4n) is 3.02. The van der Waals surface area contributed by atoms with E-state index in [0.717, 1.165) is 6.54 Å². The summed E-state index contributed by atoms with van der Waals surface area (Å²) in [6, 6.07) is 8.72. The van der Waals surface area contributed by atoms with E-state index in [1.54, 1.807) is 0 Å². The third-order valence-electron chi connectivity index (χ3n) is 4.15. The van der Waals surface area contributed by atoms with Crippen molar-refractivity contribution in [2.24, 2.45) is 5.73 Å². The fourth-order valence-corrected chi connectivity index (χ4v) is 3.02. The number of fused-ring (bicyclic) bond motifs is 1. The van der Waals surface area contributed by atoms with Crippen molar-refractivity contribution in [1.29, 1.82) is 0 Å². The molecule has 0 atom stereocenters. The number of nitrogens with two attached hydrogens (primary N) is 1. The molecule has 102 valence electrons. The monoisotopic (exact) mass is 257 g/mol. The van der Waals surface area contributed by atoms with Crippen LogP contribution in [0.5, 0.6) is 0 Å². The molecular formula is C16H23N3. The highest BCUT2D eigenvalue weighted by Gasteiger charge is 2.10. The first-order chi connectivity index (χ1) is 9.36. The lowest BCUT2D eigenvalue weighted by Gasteiger charge is -2.14. The van der Waals surface area contributed by atoms with Crippen LogP contribution in [0, 0.1) is 0 Å². The molecule has 1 fully saturated rings. The summed E-state index contributed by atoms with van der Waals surface area (Å²) < 4.78 is 2.37. The Bertz CT molecular complexity index is 538. The molecule has 0 bridgehead atoms. The predicted octanol–water partition coefficient (Wildman–Crippen LogP) is 2.59. The summed E-state index contributed by atoms with van der Waals surface area (Å²) in [5.74, 6) is 0. The van der Waals surface area contributed by atoms with Crippen LogP contribution in [0.3, 0.4) is 0 Å². The zero-order valence-corrected chi connectivity index (χ0v) is 11.5. The molecule has 0 radical (unpaired) electrons. The first kappa shape index (κ1) is 12.7. The maximum absolute atomic E-state index is 5.73. The lowest BCUT2D eigenvalue weighted by Crippen LogP contribution is -2.21. The Kier molecular flexibility index (Phi) is 3.85. The molecule has 0 spiro atoms. The highest BCUT2D eigenvalue weighted by Crippen LogP contribution is 2.18. The van der Waals surface area contributed by atoms with E-state index in [1.165, 1.54) is 55.4 Å². The highest BCUT2D eigenvalue weighted by molar-refractivity contribution is 5.80. The number of hydrogen-bond donors (Lipinski definition) is 1. The molecule has 2 heterocycles. The van der Waals surface area contributed by atoms with Gasteiger partial charge >= 0.3 is 0 Å². The minimum atomic E-state index is 0.620. The number of nitrogens with zero attached hydrogens (tertiary/aromatic N) is 2. The normalized spacial score (nSPS) is 16.5. The quantitative estimate of drug-likeness (QED) is 0.893. The Balaban J connectivity index is 1.66. The standard InChI is InChI=1S/C16H23N3/c17-13-14-4-5-15-6-11-19(16(15)12-14)10-3-9-18-7-1-2-8-18/h4-6,11-12H,1-3,7-10,13,17H2. The molecule has 3 nitrogen and oxygen atoms in total. The molecule has 0 aliphatic carbocycles. The Labute approximate surface area is 115 Å². The van der Waals surface area contributed by atoms with E-state index in [2.05, 4.69) is 39.9 Å². The van der Waals surface area contributed by atoms with Gasteiger partial charge in [-0.15, -0.1) is 0 Å². The van der Waals surface area contributed by atoms with E-state index < -0.39 is 0 Å². The first-order valence-electron chi connectivity index (χ1n) is 7.37. The Morgan fingerprint density at radius 3 is 2.68 bits per heavy atom. The Morgan fingerprint density at radius 1 is 1.05 bits per heavy atom. The minimum Gasteiger partial charge on any atom is -0.347 e. The maximum Gasteiger partial charge on any atom is 0.0483 e. The second-order valence-electron chi connectivity index (χ2n) is 5.51. The van der Waals surface area contributed by atoms with Crippen LogP contribution in [0.4, 0.5) is 0 Å². The molecule has 0 unspecified atom stereocenters. The number of likely N-dealkylation sites (tertiary alicyclic amines) is 1. The molecule has 0 saturated carbocycles. The molecule has 2 N–H and O–H groups in total. The van der Waals surface area contributed by atoms with Gasteiger partial charge in [-0.2, -0.15) is 0 Å². The number of aromatic nitrogens is 1. The van der Waals surface area contributed by atoms with Crippen molar-refractivity contribution >= 4 is 10.9 Å². The average Bonchev–Trinajstić information content (AvgIpc) is 3.08. The van der Waals surface area contributed by atoms with Crippen LogP contribution in [-0.2, 0) is 13.1 Å². The van der Waals surface area contributed by atoms with E-state index in [1.807, 2.05) is 0 Å². The molecule has 2 aromatic rings. The van der Waals surface area contributed by atoms with Gasteiger partial charge in [0, 0.05) is 24.8 Å². The van der Waals surface area contributed by atoms with Crippen molar-refractivity contribution in [1.82, 2.24) is 9.47 Å². The zero-order chi connectivity index (χ0) is 13.1. The lowest BCUT2D eigenvalue weighted by molar-refractivity contribution is 0.326. The number of hydrogen-bond acceptors (Lipinski definition) is 2. The summed E-state index contributed by atoms with van der Waals surface area (Å²) in [5, 5.41) is 1.32. The van der Waals surface area contributed by atoms with Gasteiger partial charge in [0.2, 0.25) is 0 Å². The van der Waals surface area contributed by atoms with Crippen LogP contribution in [0.25, 0.3) is 10.9 Å². The summed E-state index contributed by atoms with van der Waals surface area (Å²) in [6.45, 7) is 5.55. The minimum absolute atomic E-state index is 0.620. The van der Waals surface area contributed by atoms with Gasteiger partial charge in [-0.1, -0.05) is 12.1 Å². The van der Waals surface area contributed by atoms with Crippen LogP contribution in [0.1, 0.15) is 24.8 Å². The second-order valence-corrected chi connectivity index (χ2v) is 5.51. The van der Waals surface area contributed by atoms with Gasteiger partial charge < -0.3 is 15.2 Å². The van der Waals surface area contributed by atoms with Crippen molar-refractivity contribution in [3.8, 4) is 0 Å². The largest absolute Gasteiger partial charge is 0.347 e. The van der Waals surface area contributed by atoms with E-state index in [9.17, 15) is 0 Å². The lowest BCUT2D eigenvalue weighted by atomic mass is 10.1. The number of rotatable bonds is 5. The topological polar surface area (TPSA) is 34.2 Å². The maximum atomic E-state index is 5.73. The third-order valence-corrected chi connectivity index (χ3v) is 4.15. The van der Waals surface area contributed by atoms with Gasteiger partial charge in [0.25, 0.3) is 0 Å². The smallest absolute Gasteiger partial charge is 0.0483 e. The van der Waals surface area contributed by atoms with Crippen molar-refractivity contribution in [3.05, 3.63) is 36.0 Å². The van der Waals surface area contributed by atoms with Crippen LogP contribution in [0.15, 0.2) is 30.5 Å². The van der Waals surface area contributed by atoms with Gasteiger partial charge in [0.1, 0.15) is 0 Å². The van der Waals surface area contributed by atoms with Gasteiger partial charge in [0.15, 0.2) is 0 Å². The van der Waals surface area contributed by atoms with E-state index in [0.29, 0.717) is 6.54 Å². The molecular weight excluding hydrogens is 234 g/mol. The first-order valence-corrected chi connectivity index (χ1v) is 7.37. The van der Waals surface area contributed by atoms with E-state index >= 15 is 0 Å². The molecule has 1 saturated heterocycles. The predicted molar refractivity (Wildman–Crippen MR) is 80.1 cm³/mol. The van der Waals surface area contributed by atoms with Gasteiger partial charge in [-0.3, -0.25) is 0 Å². The molecule has 0 amide bonds. The summed E-state index contributed by atoms with van der Waals surface area (Å²) >= 11 is 0. The summed E-state index contributed by atoms with van der Waals surface area (Å²) in [4.78, 5) is 2.58. The van der Waals surface area contributed by atoms with Gasteiger partial charge in [-0.05, 0) is 62.0 Å². The van der Waals surface area contributed by atoms with Crippen LogP contribution in [-0.4, -0.2) is 29.1 Å². The molecule has 1 aromatic carbocycles. The zero-order valence-electron chi connectivity index (χ0n) is 11.5. The van der Waals surface area contributed by atoms with Crippen LogP contribution >= 0.6 is 0 Å². The second kappa shape index (κ2) is 5.76. The highest BCUT2D eigenvalue weighted by atomic mass is 15.1. The Hall–Kier alpha value is -1.32. The molecule has 1 aliphatic rings. The molecule has 3 rings (SSSR count). The molecule has 3 heteroatoms. The molecule has 1 aromatic heterocycles. The van der Waals surface area contributed by atoms with Crippen molar-refractivity contribution in [2.45, 2.75) is 32.4 Å². The van der Waals surface area contributed by atoms with Crippen molar-refractivity contribution in [2.75, 3.05) is 19.6 Å². The van der Waals surface area contributed by atoms with Crippen molar-refractivity contribution in [3.63, 3.8) is 0 Å². The average molecular weight is 257 g/mol. The number of aryl methyl sites for hydroxylation is 1. The van der Waals surface area contributed by atoms with Gasteiger partial charge in [-0.25, -0.2) is 0 Å². The van der Waals surface area contributed by atoms with Crippen LogP contribution in [0.2, 0.25) is 0 Å². The third kappa shape index (κ3) is 2.82.